The van der Waals surface area contributed by atoms with Crippen molar-refractivity contribution in [3.05, 3.63) is 0 Å². The molecule has 96 valence electrons. The van der Waals surface area contributed by atoms with Gasteiger partial charge < -0.3 is 15.4 Å². The Kier molecular flexibility index (Phi) is 7.72. The standard InChI is InChI=1S/C11H22N2O2.ClH/c1-4-15-7-10(14)13-11-8(2)5-6-12-9(11)3;/h8-9,11-12H,4-7H2,1-3H3,(H,13,14);1H. The van der Waals surface area contributed by atoms with Crippen LogP contribution in [0.25, 0.3) is 0 Å². The Morgan fingerprint density at radius 3 is 2.75 bits per heavy atom. The lowest BCUT2D eigenvalue weighted by Gasteiger charge is -2.35. The van der Waals surface area contributed by atoms with Crippen LogP contribution < -0.4 is 10.6 Å². The first-order valence-corrected chi connectivity index (χ1v) is 5.75. The molecule has 1 fully saturated rings. The van der Waals surface area contributed by atoms with Gasteiger partial charge in [-0.25, -0.2) is 0 Å². The van der Waals surface area contributed by atoms with Gasteiger partial charge in [-0.3, -0.25) is 4.79 Å². The average molecular weight is 251 g/mol. The van der Waals surface area contributed by atoms with E-state index in [0.29, 0.717) is 18.6 Å². The number of carbonyl (C=O) groups is 1. The molecule has 0 aromatic carbocycles. The lowest BCUT2D eigenvalue weighted by atomic mass is 9.89. The van der Waals surface area contributed by atoms with E-state index < -0.39 is 0 Å². The Labute approximate surface area is 104 Å². The van der Waals surface area contributed by atoms with E-state index in [1.807, 2.05) is 6.92 Å². The maximum atomic E-state index is 11.5. The van der Waals surface area contributed by atoms with Crippen LogP contribution in [0.1, 0.15) is 27.2 Å². The van der Waals surface area contributed by atoms with Gasteiger partial charge >= 0.3 is 0 Å². The number of hydrogen-bond acceptors (Lipinski definition) is 3. The summed E-state index contributed by atoms with van der Waals surface area (Å²) in [5.74, 6) is 0.524. The van der Waals surface area contributed by atoms with Crippen LogP contribution in [0.3, 0.4) is 0 Å². The maximum Gasteiger partial charge on any atom is 0.246 e. The average Bonchev–Trinajstić information content (AvgIpc) is 2.21. The molecule has 5 heteroatoms. The number of amides is 1. The molecule has 4 nitrogen and oxygen atoms in total. The second kappa shape index (κ2) is 7.87. The number of hydrogen-bond donors (Lipinski definition) is 2. The van der Waals surface area contributed by atoms with E-state index in [0.717, 1.165) is 13.0 Å². The molecule has 1 aliphatic rings. The molecule has 16 heavy (non-hydrogen) atoms. The van der Waals surface area contributed by atoms with Crippen molar-refractivity contribution in [2.45, 2.75) is 39.3 Å². The number of carbonyl (C=O) groups excluding carboxylic acids is 1. The number of piperidine rings is 1. The van der Waals surface area contributed by atoms with Crippen LogP contribution >= 0.6 is 12.4 Å². The van der Waals surface area contributed by atoms with Crippen molar-refractivity contribution in [2.75, 3.05) is 19.8 Å². The summed E-state index contributed by atoms with van der Waals surface area (Å²) in [6.07, 6.45) is 1.12. The quantitative estimate of drug-likeness (QED) is 0.781. The smallest absolute Gasteiger partial charge is 0.246 e. The van der Waals surface area contributed by atoms with E-state index in [2.05, 4.69) is 24.5 Å². The summed E-state index contributed by atoms with van der Waals surface area (Å²) in [5, 5.41) is 6.40. The van der Waals surface area contributed by atoms with Crippen molar-refractivity contribution >= 4 is 18.3 Å². The van der Waals surface area contributed by atoms with Gasteiger partial charge in [-0.2, -0.15) is 0 Å². The van der Waals surface area contributed by atoms with Gasteiger partial charge in [0.15, 0.2) is 0 Å². The minimum absolute atomic E-state index is 0. The molecular weight excluding hydrogens is 228 g/mol. The van der Waals surface area contributed by atoms with E-state index in [9.17, 15) is 4.79 Å². The van der Waals surface area contributed by atoms with E-state index in [4.69, 9.17) is 4.74 Å². The first-order chi connectivity index (χ1) is 7.15. The number of rotatable bonds is 4. The Bertz CT molecular complexity index is 204. The predicted molar refractivity (Wildman–Crippen MR) is 66.9 cm³/mol. The SMILES string of the molecule is CCOCC(=O)NC1C(C)CCNC1C.Cl. The normalized spacial score (nSPS) is 29.3. The molecule has 0 saturated carbocycles. The monoisotopic (exact) mass is 250 g/mol. The third kappa shape index (κ3) is 4.68. The second-order valence-electron chi connectivity index (χ2n) is 4.24. The fourth-order valence-electron chi connectivity index (χ4n) is 2.03. The Balaban J connectivity index is 0.00000225. The first-order valence-electron chi connectivity index (χ1n) is 5.75. The van der Waals surface area contributed by atoms with Crippen LogP contribution in [0.2, 0.25) is 0 Å². The number of halogens is 1. The van der Waals surface area contributed by atoms with Gasteiger partial charge in [0.1, 0.15) is 6.61 Å². The highest BCUT2D eigenvalue weighted by atomic mass is 35.5. The van der Waals surface area contributed by atoms with Crippen molar-refractivity contribution in [2.24, 2.45) is 5.92 Å². The second-order valence-corrected chi connectivity index (χ2v) is 4.24. The minimum atomic E-state index is -0.00995. The van der Waals surface area contributed by atoms with Crippen LogP contribution in [0.5, 0.6) is 0 Å². The molecule has 2 N–H and O–H groups in total. The molecule has 0 bridgehead atoms. The molecule has 1 heterocycles. The zero-order valence-electron chi connectivity index (χ0n) is 10.3. The van der Waals surface area contributed by atoms with Gasteiger partial charge in [0.2, 0.25) is 5.91 Å². The summed E-state index contributed by atoms with van der Waals surface area (Å²) in [6.45, 7) is 7.99. The largest absolute Gasteiger partial charge is 0.372 e. The maximum absolute atomic E-state index is 11.5. The van der Waals surface area contributed by atoms with Crippen molar-refractivity contribution in [1.29, 1.82) is 0 Å². The first kappa shape index (κ1) is 15.7. The van der Waals surface area contributed by atoms with Crippen LogP contribution in [-0.4, -0.2) is 37.7 Å². The van der Waals surface area contributed by atoms with Crippen LogP contribution in [0, 0.1) is 5.92 Å². The van der Waals surface area contributed by atoms with E-state index >= 15 is 0 Å². The van der Waals surface area contributed by atoms with Crippen LogP contribution in [0.15, 0.2) is 0 Å². The topological polar surface area (TPSA) is 50.4 Å². The molecule has 0 spiro atoms. The molecule has 0 radical (unpaired) electrons. The summed E-state index contributed by atoms with van der Waals surface area (Å²) in [6, 6.07) is 0.575. The lowest BCUT2D eigenvalue weighted by molar-refractivity contribution is -0.127. The molecule has 1 rings (SSSR count). The zero-order chi connectivity index (χ0) is 11.3. The highest BCUT2D eigenvalue weighted by Gasteiger charge is 2.28. The van der Waals surface area contributed by atoms with Crippen LogP contribution in [-0.2, 0) is 9.53 Å². The van der Waals surface area contributed by atoms with Gasteiger partial charge in [-0.15, -0.1) is 12.4 Å². The zero-order valence-corrected chi connectivity index (χ0v) is 11.1. The number of nitrogens with one attached hydrogen (secondary N) is 2. The summed E-state index contributed by atoms with van der Waals surface area (Å²) in [7, 11) is 0. The molecule has 1 aliphatic heterocycles. The number of ether oxygens (including phenoxy) is 1. The van der Waals surface area contributed by atoms with Gasteiger partial charge in [-0.05, 0) is 32.7 Å². The molecule has 0 aromatic heterocycles. The van der Waals surface area contributed by atoms with Gasteiger partial charge in [0, 0.05) is 18.7 Å². The summed E-state index contributed by atoms with van der Waals surface area (Å²) < 4.78 is 5.07. The van der Waals surface area contributed by atoms with Crippen molar-refractivity contribution in [3.63, 3.8) is 0 Å². The van der Waals surface area contributed by atoms with E-state index in [-0.39, 0.29) is 31.0 Å². The van der Waals surface area contributed by atoms with Gasteiger partial charge in [0.25, 0.3) is 0 Å². The molecular formula is C11H23ClN2O2. The predicted octanol–water partition coefficient (Wildman–Crippen LogP) is 0.947. The summed E-state index contributed by atoms with van der Waals surface area (Å²) in [4.78, 5) is 11.5. The highest BCUT2D eigenvalue weighted by Crippen LogP contribution is 2.15. The van der Waals surface area contributed by atoms with Gasteiger partial charge in [0.05, 0.1) is 0 Å². The van der Waals surface area contributed by atoms with E-state index in [1.54, 1.807) is 0 Å². The Morgan fingerprint density at radius 1 is 1.50 bits per heavy atom. The highest BCUT2D eigenvalue weighted by molar-refractivity contribution is 5.85. The third-order valence-electron chi connectivity index (χ3n) is 2.98. The summed E-state index contributed by atoms with van der Waals surface area (Å²) in [5.41, 5.74) is 0. The molecule has 3 unspecified atom stereocenters. The summed E-state index contributed by atoms with van der Waals surface area (Å²) >= 11 is 0. The molecule has 0 aliphatic carbocycles. The molecule has 1 amide bonds. The Morgan fingerprint density at radius 2 is 2.19 bits per heavy atom. The molecule has 0 aromatic rings. The van der Waals surface area contributed by atoms with Crippen molar-refractivity contribution in [3.8, 4) is 0 Å². The van der Waals surface area contributed by atoms with E-state index in [1.165, 1.54) is 0 Å². The van der Waals surface area contributed by atoms with Crippen molar-refractivity contribution < 1.29 is 9.53 Å². The minimum Gasteiger partial charge on any atom is -0.372 e. The Hall–Kier alpha value is -0.320. The lowest BCUT2D eigenvalue weighted by Crippen LogP contribution is -2.56. The fraction of sp³-hybridized carbons (Fsp3) is 0.909. The van der Waals surface area contributed by atoms with Crippen molar-refractivity contribution in [1.82, 2.24) is 10.6 Å². The van der Waals surface area contributed by atoms with Gasteiger partial charge in [-0.1, -0.05) is 6.92 Å². The molecule has 3 atom stereocenters. The van der Waals surface area contributed by atoms with Crippen LogP contribution in [0.4, 0.5) is 0 Å². The molecule has 1 saturated heterocycles. The third-order valence-corrected chi connectivity index (χ3v) is 2.98. The fourth-order valence-corrected chi connectivity index (χ4v) is 2.03.